The van der Waals surface area contributed by atoms with Crippen LogP contribution in [0.2, 0.25) is 0 Å². The Balaban J connectivity index is 1.83. The maximum absolute atomic E-state index is 11.3. The number of benzene rings is 3. The maximum atomic E-state index is 11.3. The SMILES string of the molecule is CN1c2ccccc2-c2nc3ccccc3n2[C@H]1c1cccc([N+](=O)[O-])c1. The Morgan fingerprint density at radius 3 is 2.63 bits per heavy atom. The Labute approximate surface area is 155 Å². The Hall–Kier alpha value is -3.67. The molecular formula is C21H16N4O2. The third kappa shape index (κ3) is 2.23. The van der Waals surface area contributed by atoms with Crippen LogP contribution in [0, 0.1) is 10.1 Å². The van der Waals surface area contributed by atoms with Crippen LogP contribution < -0.4 is 4.90 Å². The van der Waals surface area contributed by atoms with Crippen LogP contribution in [0.1, 0.15) is 11.7 Å². The summed E-state index contributed by atoms with van der Waals surface area (Å²) in [6, 6.07) is 23.0. The molecule has 0 saturated carbocycles. The van der Waals surface area contributed by atoms with Crippen molar-refractivity contribution in [2.75, 3.05) is 11.9 Å². The van der Waals surface area contributed by atoms with Gasteiger partial charge in [-0.3, -0.25) is 14.7 Å². The lowest BCUT2D eigenvalue weighted by atomic mass is 10.0. The molecule has 4 aromatic rings. The van der Waals surface area contributed by atoms with Crippen molar-refractivity contribution in [1.29, 1.82) is 0 Å². The normalized spacial score (nSPS) is 15.4. The molecular weight excluding hydrogens is 340 g/mol. The zero-order valence-corrected chi connectivity index (χ0v) is 14.6. The van der Waals surface area contributed by atoms with Gasteiger partial charge in [-0.2, -0.15) is 0 Å². The molecule has 0 radical (unpaired) electrons. The summed E-state index contributed by atoms with van der Waals surface area (Å²) in [5.41, 5.74) is 4.96. The summed E-state index contributed by atoms with van der Waals surface area (Å²) >= 11 is 0. The van der Waals surface area contributed by atoms with Crippen molar-refractivity contribution >= 4 is 22.4 Å². The predicted molar refractivity (Wildman–Crippen MR) is 105 cm³/mol. The first-order valence-corrected chi connectivity index (χ1v) is 8.69. The maximum Gasteiger partial charge on any atom is 0.269 e. The summed E-state index contributed by atoms with van der Waals surface area (Å²) in [4.78, 5) is 18.0. The van der Waals surface area contributed by atoms with Gasteiger partial charge in [-0.1, -0.05) is 36.4 Å². The van der Waals surface area contributed by atoms with E-state index in [1.54, 1.807) is 12.1 Å². The lowest BCUT2D eigenvalue weighted by molar-refractivity contribution is -0.384. The Morgan fingerprint density at radius 1 is 1.00 bits per heavy atom. The summed E-state index contributed by atoms with van der Waals surface area (Å²) in [6.07, 6.45) is -0.220. The van der Waals surface area contributed by atoms with Crippen molar-refractivity contribution in [2.24, 2.45) is 0 Å². The number of nitrogens with zero attached hydrogens (tertiary/aromatic N) is 4. The van der Waals surface area contributed by atoms with Gasteiger partial charge in [-0.25, -0.2) is 4.98 Å². The van der Waals surface area contributed by atoms with E-state index in [0.29, 0.717) is 0 Å². The molecule has 0 bridgehead atoms. The van der Waals surface area contributed by atoms with E-state index in [1.807, 2.05) is 49.5 Å². The minimum absolute atomic E-state index is 0.0886. The molecule has 1 aliphatic heterocycles. The fraction of sp³-hybridized carbons (Fsp3) is 0.0952. The fourth-order valence-electron chi connectivity index (χ4n) is 3.93. The molecule has 0 saturated heterocycles. The highest BCUT2D eigenvalue weighted by atomic mass is 16.6. The first-order valence-electron chi connectivity index (χ1n) is 8.69. The third-order valence-corrected chi connectivity index (χ3v) is 5.11. The lowest BCUT2D eigenvalue weighted by Crippen LogP contribution is -2.34. The summed E-state index contributed by atoms with van der Waals surface area (Å²) in [7, 11) is 2.01. The zero-order chi connectivity index (χ0) is 18.5. The van der Waals surface area contributed by atoms with Gasteiger partial charge in [-0.05, 0) is 24.3 Å². The number of imidazole rings is 1. The average Bonchev–Trinajstić information content (AvgIpc) is 3.08. The summed E-state index contributed by atoms with van der Waals surface area (Å²) in [5.74, 6) is 0.876. The molecule has 6 heteroatoms. The van der Waals surface area contributed by atoms with Crippen LogP contribution in [0.4, 0.5) is 11.4 Å². The molecule has 0 unspecified atom stereocenters. The molecule has 2 heterocycles. The van der Waals surface area contributed by atoms with Gasteiger partial charge < -0.3 is 4.90 Å². The molecule has 1 atom stereocenters. The Kier molecular flexibility index (Phi) is 3.27. The number of aromatic nitrogens is 2. The van der Waals surface area contributed by atoms with Crippen LogP contribution in [-0.4, -0.2) is 21.5 Å². The average molecular weight is 356 g/mol. The molecule has 0 N–H and O–H groups in total. The summed E-state index contributed by atoms with van der Waals surface area (Å²) < 4.78 is 2.16. The highest BCUT2D eigenvalue weighted by molar-refractivity contribution is 5.87. The van der Waals surface area contributed by atoms with Gasteiger partial charge in [0, 0.05) is 36.0 Å². The van der Waals surface area contributed by atoms with Crippen LogP contribution in [0.5, 0.6) is 0 Å². The Morgan fingerprint density at radius 2 is 1.78 bits per heavy atom. The fourth-order valence-corrected chi connectivity index (χ4v) is 3.93. The lowest BCUT2D eigenvalue weighted by Gasteiger charge is -2.38. The number of non-ortho nitro benzene ring substituents is 1. The highest BCUT2D eigenvalue weighted by Gasteiger charge is 2.32. The molecule has 0 amide bonds. The van der Waals surface area contributed by atoms with Crippen molar-refractivity contribution in [2.45, 2.75) is 6.17 Å². The summed E-state index contributed by atoms with van der Waals surface area (Å²) in [6.45, 7) is 0. The number of rotatable bonds is 2. The highest BCUT2D eigenvalue weighted by Crippen LogP contribution is 2.44. The van der Waals surface area contributed by atoms with Gasteiger partial charge in [0.25, 0.3) is 5.69 Å². The quantitative estimate of drug-likeness (QED) is 0.389. The summed E-state index contributed by atoms with van der Waals surface area (Å²) in [5, 5.41) is 11.3. The smallest absolute Gasteiger partial charge is 0.269 e. The van der Waals surface area contributed by atoms with Crippen LogP contribution in [0.15, 0.2) is 72.8 Å². The second-order valence-electron chi connectivity index (χ2n) is 6.65. The zero-order valence-electron chi connectivity index (χ0n) is 14.6. The van der Waals surface area contributed by atoms with Crippen molar-refractivity contribution in [3.05, 3.63) is 88.5 Å². The molecule has 0 aliphatic carbocycles. The molecule has 1 aromatic heterocycles. The molecule has 27 heavy (non-hydrogen) atoms. The van der Waals surface area contributed by atoms with E-state index in [-0.39, 0.29) is 16.8 Å². The number of nitro groups is 1. The van der Waals surface area contributed by atoms with Crippen molar-refractivity contribution in [3.8, 4) is 11.4 Å². The second-order valence-corrected chi connectivity index (χ2v) is 6.65. The van der Waals surface area contributed by atoms with Gasteiger partial charge in [0.15, 0.2) is 0 Å². The number of hydrogen-bond acceptors (Lipinski definition) is 4. The van der Waals surface area contributed by atoms with Crippen LogP contribution in [-0.2, 0) is 0 Å². The molecule has 0 fully saturated rings. The van der Waals surface area contributed by atoms with Crippen LogP contribution in [0.25, 0.3) is 22.4 Å². The first kappa shape index (κ1) is 15.6. The standard InChI is InChI=1S/C21H16N4O2/c1-23-18-11-4-2-9-16(18)20-22-17-10-3-5-12-19(17)24(20)21(23)14-7-6-8-15(13-14)25(26)27/h2-13,21H,1H3/t21-/m0/s1. The molecule has 132 valence electrons. The van der Waals surface area contributed by atoms with Gasteiger partial charge in [0.05, 0.1) is 16.0 Å². The number of hydrogen-bond donors (Lipinski definition) is 0. The van der Waals surface area contributed by atoms with E-state index in [2.05, 4.69) is 21.6 Å². The van der Waals surface area contributed by atoms with Gasteiger partial charge >= 0.3 is 0 Å². The molecule has 3 aromatic carbocycles. The van der Waals surface area contributed by atoms with E-state index >= 15 is 0 Å². The van der Waals surface area contributed by atoms with E-state index in [9.17, 15) is 10.1 Å². The minimum Gasteiger partial charge on any atom is -0.350 e. The minimum atomic E-state index is -0.354. The molecule has 6 nitrogen and oxygen atoms in total. The first-order chi connectivity index (χ1) is 13.1. The number of fused-ring (bicyclic) bond motifs is 5. The largest absolute Gasteiger partial charge is 0.350 e. The third-order valence-electron chi connectivity index (χ3n) is 5.11. The van der Waals surface area contributed by atoms with E-state index in [4.69, 9.17) is 4.98 Å². The van der Waals surface area contributed by atoms with Crippen molar-refractivity contribution in [1.82, 2.24) is 9.55 Å². The number of nitro benzene ring substituents is 1. The van der Waals surface area contributed by atoms with E-state index < -0.39 is 0 Å². The predicted octanol–water partition coefficient (Wildman–Crippen LogP) is 4.61. The number of anilines is 1. The molecule has 0 spiro atoms. The monoisotopic (exact) mass is 356 g/mol. The number of para-hydroxylation sites is 3. The van der Waals surface area contributed by atoms with Crippen LogP contribution in [0.3, 0.4) is 0 Å². The topological polar surface area (TPSA) is 64.2 Å². The van der Waals surface area contributed by atoms with E-state index in [1.165, 1.54) is 6.07 Å². The van der Waals surface area contributed by atoms with Gasteiger partial charge in [-0.15, -0.1) is 0 Å². The van der Waals surface area contributed by atoms with Gasteiger partial charge in [0.2, 0.25) is 0 Å². The van der Waals surface area contributed by atoms with Crippen molar-refractivity contribution in [3.63, 3.8) is 0 Å². The van der Waals surface area contributed by atoms with E-state index in [0.717, 1.165) is 33.7 Å². The van der Waals surface area contributed by atoms with Crippen LogP contribution >= 0.6 is 0 Å². The Bertz CT molecular complexity index is 1200. The van der Waals surface area contributed by atoms with Gasteiger partial charge in [0.1, 0.15) is 12.0 Å². The van der Waals surface area contributed by atoms with Crippen molar-refractivity contribution < 1.29 is 4.92 Å². The molecule has 5 rings (SSSR count). The molecule has 1 aliphatic rings. The second kappa shape index (κ2) is 5.67.